The van der Waals surface area contributed by atoms with Gasteiger partial charge in [0.25, 0.3) is 0 Å². The summed E-state index contributed by atoms with van der Waals surface area (Å²) in [6.45, 7) is 8.35. The molecule has 2 nitrogen and oxygen atoms in total. The Hall–Kier alpha value is -0.670. The highest BCUT2D eigenvalue weighted by molar-refractivity contribution is 7.99. The molecule has 0 bridgehead atoms. The van der Waals surface area contributed by atoms with Gasteiger partial charge in [0.05, 0.1) is 6.61 Å². The molecule has 0 radical (unpaired) electrons. The molecule has 0 aliphatic heterocycles. The monoisotopic (exact) mass is 295 g/mol. The smallest absolute Gasteiger partial charge is 0.119 e. The van der Waals surface area contributed by atoms with Crippen LogP contribution in [0.5, 0.6) is 5.75 Å². The van der Waals surface area contributed by atoms with Gasteiger partial charge in [-0.25, -0.2) is 0 Å². The van der Waals surface area contributed by atoms with Crippen LogP contribution in [0.3, 0.4) is 0 Å². The predicted molar refractivity (Wildman–Crippen MR) is 90.9 cm³/mol. The molecular weight excluding hydrogens is 266 g/mol. The lowest BCUT2D eigenvalue weighted by Crippen LogP contribution is -2.23. The molecule has 1 atom stereocenters. The van der Waals surface area contributed by atoms with Crippen molar-refractivity contribution in [3.63, 3.8) is 0 Å². The molecule has 0 amide bonds. The van der Waals surface area contributed by atoms with E-state index in [1.54, 1.807) is 0 Å². The molecule has 1 unspecified atom stereocenters. The first-order chi connectivity index (χ1) is 9.81. The molecule has 0 spiro atoms. The molecule has 20 heavy (non-hydrogen) atoms. The largest absolute Gasteiger partial charge is 0.494 e. The van der Waals surface area contributed by atoms with Gasteiger partial charge in [0.1, 0.15) is 5.75 Å². The van der Waals surface area contributed by atoms with E-state index in [1.165, 1.54) is 24.2 Å². The lowest BCUT2D eigenvalue weighted by molar-refractivity contribution is 0.317. The Kier molecular flexibility index (Phi) is 9.60. The van der Waals surface area contributed by atoms with Gasteiger partial charge in [-0.05, 0) is 42.8 Å². The van der Waals surface area contributed by atoms with Crippen molar-refractivity contribution < 1.29 is 4.74 Å². The van der Waals surface area contributed by atoms with Crippen molar-refractivity contribution in [2.75, 3.05) is 24.7 Å². The first-order valence-electron chi connectivity index (χ1n) is 7.85. The summed E-state index contributed by atoms with van der Waals surface area (Å²) in [6, 6.07) is 9.01. The zero-order chi connectivity index (χ0) is 14.6. The molecule has 0 fully saturated rings. The summed E-state index contributed by atoms with van der Waals surface area (Å²) in [6.07, 6.45) is 3.64. The summed E-state index contributed by atoms with van der Waals surface area (Å²) >= 11 is 2.05. The lowest BCUT2D eigenvalue weighted by Gasteiger charge is -2.18. The number of rotatable bonds is 11. The maximum atomic E-state index is 5.64. The Morgan fingerprint density at radius 2 is 1.85 bits per heavy atom. The van der Waals surface area contributed by atoms with Crippen molar-refractivity contribution in [1.82, 2.24) is 5.32 Å². The van der Waals surface area contributed by atoms with Gasteiger partial charge >= 0.3 is 0 Å². The summed E-state index contributed by atoms with van der Waals surface area (Å²) in [7, 11) is 0. The number of nitrogens with one attached hydrogen (secondary N) is 1. The van der Waals surface area contributed by atoms with Crippen molar-refractivity contribution in [2.45, 2.75) is 46.1 Å². The van der Waals surface area contributed by atoms with Crippen LogP contribution in [0.15, 0.2) is 24.3 Å². The van der Waals surface area contributed by atoms with E-state index in [9.17, 15) is 0 Å². The first-order valence-corrected chi connectivity index (χ1v) is 9.01. The number of hydrogen-bond acceptors (Lipinski definition) is 3. The van der Waals surface area contributed by atoms with E-state index in [4.69, 9.17) is 4.74 Å². The molecule has 0 saturated carbocycles. The van der Waals surface area contributed by atoms with E-state index in [0.717, 1.165) is 31.1 Å². The molecular formula is C17H29NOS. The highest BCUT2D eigenvalue weighted by atomic mass is 32.2. The van der Waals surface area contributed by atoms with Crippen LogP contribution in [0, 0.1) is 0 Å². The van der Waals surface area contributed by atoms with E-state index in [1.807, 2.05) is 11.8 Å². The SMILES string of the molecule is CCCCSCC(NCC)c1ccc(OCCC)cc1. The summed E-state index contributed by atoms with van der Waals surface area (Å²) in [5, 5.41) is 3.58. The second kappa shape index (κ2) is 11.0. The average molecular weight is 295 g/mol. The van der Waals surface area contributed by atoms with Gasteiger partial charge in [-0.1, -0.05) is 39.3 Å². The number of benzene rings is 1. The Bertz CT molecular complexity index is 339. The second-order valence-corrected chi connectivity index (χ2v) is 6.11. The van der Waals surface area contributed by atoms with Crippen LogP contribution in [0.1, 0.15) is 51.6 Å². The number of ether oxygens (including phenoxy) is 1. The van der Waals surface area contributed by atoms with Gasteiger partial charge in [-0.3, -0.25) is 0 Å². The van der Waals surface area contributed by atoms with Crippen molar-refractivity contribution in [2.24, 2.45) is 0 Å². The maximum absolute atomic E-state index is 5.64. The molecule has 1 rings (SSSR count). The topological polar surface area (TPSA) is 21.3 Å². The second-order valence-electron chi connectivity index (χ2n) is 4.96. The van der Waals surface area contributed by atoms with Gasteiger partial charge < -0.3 is 10.1 Å². The lowest BCUT2D eigenvalue weighted by atomic mass is 10.1. The van der Waals surface area contributed by atoms with Crippen molar-refractivity contribution in [3.05, 3.63) is 29.8 Å². The Morgan fingerprint density at radius 3 is 2.45 bits per heavy atom. The molecule has 0 aliphatic rings. The van der Waals surface area contributed by atoms with Crippen molar-refractivity contribution in [3.8, 4) is 5.75 Å². The van der Waals surface area contributed by atoms with Gasteiger partial charge in [0.15, 0.2) is 0 Å². The summed E-state index contributed by atoms with van der Waals surface area (Å²) in [5.74, 6) is 3.38. The fourth-order valence-electron chi connectivity index (χ4n) is 1.98. The van der Waals surface area contributed by atoms with Crippen LogP contribution >= 0.6 is 11.8 Å². The molecule has 3 heteroatoms. The zero-order valence-corrected chi connectivity index (χ0v) is 14.0. The van der Waals surface area contributed by atoms with Crippen LogP contribution in [0.25, 0.3) is 0 Å². The Balaban J connectivity index is 2.52. The van der Waals surface area contributed by atoms with Gasteiger partial charge in [0, 0.05) is 11.8 Å². The van der Waals surface area contributed by atoms with Crippen LogP contribution < -0.4 is 10.1 Å². The highest BCUT2D eigenvalue weighted by Crippen LogP contribution is 2.22. The fourth-order valence-corrected chi connectivity index (χ4v) is 3.19. The van der Waals surface area contributed by atoms with Crippen LogP contribution in [0.2, 0.25) is 0 Å². The van der Waals surface area contributed by atoms with E-state index in [2.05, 4.69) is 50.4 Å². The third kappa shape index (κ3) is 6.67. The van der Waals surface area contributed by atoms with Crippen LogP contribution in [-0.2, 0) is 0 Å². The molecule has 1 aromatic rings. The molecule has 0 saturated heterocycles. The third-order valence-electron chi connectivity index (χ3n) is 3.13. The fraction of sp³-hybridized carbons (Fsp3) is 0.647. The van der Waals surface area contributed by atoms with Crippen LogP contribution in [0.4, 0.5) is 0 Å². The van der Waals surface area contributed by atoms with Crippen molar-refractivity contribution >= 4 is 11.8 Å². The van der Waals surface area contributed by atoms with Gasteiger partial charge in [-0.15, -0.1) is 0 Å². The molecule has 0 heterocycles. The number of unbranched alkanes of at least 4 members (excludes halogenated alkanes) is 1. The standard InChI is InChI=1S/C17H29NOS/c1-4-7-13-20-14-17(18-6-3)15-8-10-16(11-9-15)19-12-5-2/h8-11,17-18H,4-7,12-14H2,1-3H3. The van der Waals surface area contributed by atoms with E-state index in [0.29, 0.717) is 6.04 Å². The predicted octanol–water partition coefficient (Wildman–Crippen LogP) is 4.66. The minimum atomic E-state index is 0.446. The third-order valence-corrected chi connectivity index (χ3v) is 4.28. The molecule has 1 N–H and O–H groups in total. The molecule has 114 valence electrons. The molecule has 1 aromatic carbocycles. The highest BCUT2D eigenvalue weighted by Gasteiger charge is 2.10. The quantitative estimate of drug-likeness (QED) is 0.600. The minimum absolute atomic E-state index is 0.446. The van der Waals surface area contributed by atoms with Gasteiger partial charge in [-0.2, -0.15) is 11.8 Å². The summed E-state index contributed by atoms with van der Waals surface area (Å²) < 4.78 is 5.64. The molecule has 0 aliphatic carbocycles. The molecule has 0 aromatic heterocycles. The average Bonchev–Trinajstić information content (AvgIpc) is 2.49. The Labute approximate surface area is 128 Å². The van der Waals surface area contributed by atoms with E-state index in [-0.39, 0.29) is 0 Å². The number of hydrogen-bond donors (Lipinski definition) is 1. The van der Waals surface area contributed by atoms with Crippen LogP contribution in [-0.4, -0.2) is 24.7 Å². The maximum Gasteiger partial charge on any atom is 0.119 e. The normalized spacial score (nSPS) is 12.3. The first kappa shape index (κ1) is 17.4. The zero-order valence-electron chi connectivity index (χ0n) is 13.2. The minimum Gasteiger partial charge on any atom is -0.494 e. The number of thioether (sulfide) groups is 1. The summed E-state index contributed by atoms with van der Waals surface area (Å²) in [5.41, 5.74) is 1.36. The summed E-state index contributed by atoms with van der Waals surface area (Å²) in [4.78, 5) is 0. The van der Waals surface area contributed by atoms with Gasteiger partial charge in [0.2, 0.25) is 0 Å². The Morgan fingerprint density at radius 1 is 1.10 bits per heavy atom. The van der Waals surface area contributed by atoms with E-state index < -0.39 is 0 Å². The van der Waals surface area contributed by atoms with E-state index >= 15 is 0 Å². The van der Waals surface area contributed by atoms with Crippen molar-refractivity contribution in [1.29, 1.82) is 0 Å².